The number of halogens is 1. The van der Waals surface area contributed by atoms with E-state index in [1.54, 1.807) is 11.3 Å². The fourth-order valence-corrected chi connectivity index (χ4v) is 5.41. The minimum absolute atomic E-state index is 0.0637. The second-order valence-electron chi connectivity index (χ2n) is 7.39. The first kappa shape index (κ1) is 18.1. The lowest BCUT2D eigenvalue weighted by Crippen LogP contribution is -2.47. The molecule has 2 aliphatic rings. The van der Waals surface area contributed by atoms with Crippen LogP contribution in [0.5, 0.6) is 0 Å². The van der Waals surface area contributed by atoms with Gasteiger partial charge >= 0.3 is 0 Å². The number of rotatable bonds is 2. The van der Waals surface area contributed by atoms with Gasteiger partial charge in [0.2, 0.25) is 0 Å². The summed E-state index contributed by atoms with van der Waals surface area (Å²) in [6.45, 7) is 3.34. The van der Waals surface area contributed by atoms with E-state index in [1.165, 1.54) is 10.4 Å². The SMILES string of the molecule is CN1CCN(C(=O)c2nn(-c3ccccc3Br)c3c2CCc2sccc2-3)CC1. The number of amides is 1. The van der Waals surface area contributed by atoms with Crippen molar-refractivity contribution in [3.05, 3.63) is 56.3 Å². The summed E-state index contributed by atoms with van der Waals surface area (Å²) in [5.41, 5.74) is 4.96. The number of piperazine rings is 1. The Bertz CT molecular complexity index is 1050. The van der Waals surface area contributed by atoms with Crippen molar-refractivity contribution >= 4 is 33.2 Å². The molecule has 7 heteroatoms. The van der Waals surface area contributed by atoms with Crippen LogP contribution in [-0.2, 0) is 12.8 Å². The van der Waals surface area contributed by atoms with Crippen LogP contribution in [0, 0.1) is 0 Å². The molecule has 0 N–H and O–H groups in total. The van der Waals surface area contributed by atoms with Gasteiger partial charge in [0.1, 0.15) is 0 Å². The number of likely N-dealkylation sites (N-methyl/N-ethyl adjacent to an activating group) is 1. The maximum atomic E-state index is 13.4. The maximum absolute atomic E-state index is 13.4. The molecule has 0 saturated carbocycles. The van der Waals surface area contributed by atoms with Gasteiger partial charge in [-0.25, -0.2) is 4.68 Å². The van der Waals surface area contributed by atoms with Crippen LogP contribution in [0.4, 0.5) is 0 Å². The molecule has 0 atom stereocenters. The number of aryl methyl sites for hydroxylation is 1. The highest BCUT2D eigenvalue weighted by molar-refractivity contribution is 9.10. The van der Waals surface area contributed by atoms with Crippen LogP contribution in [0.3, 0.4) is 0 Å². The Balaban J connectivity index is 1.65. The van der Waals surface area contributed by atoms with Crippen molar-refractivity contribution in [2.45, 2.75) is 12.8 Å². The van der Waals surface area contributed by atoms with Crippen molar-refractivity contribution in [1.82, 2.24) is 19.6 Å². The Hall–Kier alpha value is -1.96. The van der Waals surface area contributed by atoms with Crippen LogP contribution in [0.1, 0.15) is 20.9 Å². The zero-order chi connectivity index (χ0) is 19.3. The molecule has 1 aromatic carbocycles. The van der Waals surface area contributed by atoms with Gasteiger partial charge in [0.15, 0.2) is 5.69 Å². The summed E-state index contributed by atoms with van der Waals surface area (Å²) in [5.74, 6) is 0.0637. The topological polar surface area (TPSA) is 41.4 Å². The second kappa shape index (κ2) is 7.13. The molecular formula is C21H21BrN4OS. The van der Waals surface area contributed by atoms with Gasteiger partial charge in [0.25, 0.3) is 5.91 Å². The monoisotopic (exact) mass is 456 g/mol. The van der Waals surface area contributed by atoms with Crippen LogP contribution >= 0.6 is 27.3 Å². The van der Waals surface area contributed by atoms with Crippen LogP contribution in [-0.4, -0.2) is 58.7 Å². The van der Waals surface area contributed by atoms with Gasteiger partial charge in [-0.05, 0) is 59.4 Å². The fraction of sp³-hybridized carbons (Fsp3) is 0.333. The number of hydrogen-bond acceptors (Lipinski definition) is 4. The lowest BCUT2D eigenvalue weighted by Gasteiger charge is -2.32. The summed E-state index contributed by atoms with van der Waals surface area (Å²) in [4.78, 5) is 19.0. The van der Waals surface area contributed by atoms with Gasteiger partial charge in [-0.15, -0.1) is 11.3 Å². The summed E-state index contributed by atoms with van der Waals surface area (Å²) in [7, 11) is 2.10. The highest BCUT2D eigenvalue weighted by atomic mass is 79.9. The molecule has 144 valence electrons. The summed E-state index contributed by atoms with van der Waals surface area (Å²) in [6.07, 6.45) is 1.84. The van der Waals surface area contributed by atoms with Crippen LogP contribution < -0.4 is 0 Å². The molecule has 5 nitrogen and oxygen atoms in total. The van der Waals surface area contributed by atoms with Crippen molar-refractivity contribution in [2.24, 2.45) is 0 Å². The summed E-state index contributed by atoms with van der Waals surface area (Å²) < 4.78 is 2.94. The van der Waals surface area contributed by atoms with E-state index >= 15 is 0 Å². The van der Waals surface area contributed by atoms with Crippen molar-refractivity contribution in [1.29, 1.82) is 0 Å². The number of benzene rings is 1. The molecule has 0 unspecified atom stereocenters. The number of thiophene rings is 1. The molecule has 1 aliphatic carbocycles. The zero-order valence-corrected chi connectivity index (χ0v) is 18.1. The number of para-hydroxylation sites is 1. The number of nitrogens with zero attached hydrogens (tertiary/aromatic N) is 4. The number of hydrogen-bond donors (Lipinski definition) is 0. The van der Waals surface area contributed by atoms with Crippen molar-refractivity contribution < 1.29 is 4.79 Å². The van der Waals surface area contributed by atoms with E-state index in [0.29, 0.717) is 5.69 Å². The average molecular weight is 457 g/mol. The maximum Gasteiger partial charge on any atom is 0.274 e. The van der Waals surface area contributed by atoms with Crippen molar-refractivity contribution in [3.63, 3.8) is 0 Å². The lowest BCUT2D eigenvalue weighted by molar-refractivity contribution is 0.0656. The Morgan fingerprint density at radius 2 is 1.89 bits per heavy atom. The predicted molar refractivity (Wildman–Crippen MR) is 115 cm³/mol. The summed E-state index contributed by atoms with van der Waals surface area (Å²) in [6, 6.07) is 10.2. The third-order valence-corrected chi connectivity index (χ3v) is 7.31. The molecule has 0 radical (unpaired) electrons. The Kier molecular flexibility index (Phi) is 4.61. The standard InChI is InChI=1S/C21H21BrN4OS/c1-24-9-11-25(12-10-24)21(27)19-15-6-7-18-14(8-13-28-18)20(15)26(23-19)17-5-3-2-4-16(17)22/h2-5,8,13H,6-7,9-12H2,1H3. The molecule has 1 aliphatic heterocycles. The zero-order valence-electron chi connectivity index (χ0n) is 15.7. The van der Waals surface area contributed by atoms with E-state index in [4.69, 9.17) is 5.10 Å². The predicted octanol–water partition coefficient (Wildman–Crippen LogP) is 3.85. The van der Waals surface area contributed by atoms with Gasteiger partial charge in [-0.3, -0.25) is 4.79 Å². The average Bonchev–Trinajstić information content (AvgIpc) is 3.32. The summed E-state index contributed by atoms with van der Waals surface area (Å²) in [5, 5.41) is 7.02. The highest BCUT2D eigenvalue weighted by Gasteiger charge is 2.32. The van der Waals surface area contributed by atoms with Crippen LogP contribution in [0.15, 0.2) is 40.2 Å². The number of carbonyl (C=O) groups is 1. The smallest absolute Gasteiger partial charge is 0.274 e. The molecule has 1 fully saturated rings. The van der Waals surface area contributed by atoms with Gasteiger partial charge in [-0.2, -0.15) is 5.10 Å². The molecular weight excluding hydrogens is 436 g/mol. The normalized spacial score (nSPS) is 16.7. The summed E-state index contributed by atoms with van der Waals surface area (Å²) >= 11 is 5.45. The third kappa shape index (κ3) is 2.93. The molecule has 0 spiro atoms. The van der Waals surface area contributed by atoms with E-state index in [9.17, 15) is 4.79 Å². The third-order valence-electron chi connectivity index (χ3n) is 5.66. The van der Waals surface area contributed by atoms with E-state index in [1.807, 2.05) is 33.8 Å². The highest BCUT2D eigenvalue weighted by Crippen LogP contribution is 2.40. The van der Waals surface area contributed by atoms with E-state index in [0.717, 1.165) is 60.4 Å². The molecule has 1 amide bonds. The fourth-order valence-electron chi connectivity index (χ4n) is 4.08. The van der Waals surface area contributed by atoms with E-state index in [2.05, 4.69) is 39.3 Å². The Morgan fingerprint density at radius 1 is 1.11 bits per heavy atom. The molecule has 3 heterocycles. The van der Waals surface area contributed by atoms with Crippen molar-refractivity contribution in [3.8, 4) is 16.9 Å². The van der Waals surface area contributed by atoms with Crippen LogP contribution in [0.2, 0.25) is 0 Å². The molecule has 28 heavy (non-hydrogen) atoms. The molecule has 5 rings (SSSR count). The minimum Gasteiger partial charge on any atom is -0.335 e. The minimum atomic E-state index is 0.0637. The lowest BCUT2D eigenvalue weighted by atomic mass is 9.94. The van der Waals surface area contributed by atoms with E-state index in [-0.39, 0.29) is 5.91 Å². The van der Waals surface area contributed by atoms with Gasteiger partial charge in [-0.1, -0.05) is 12.1 Å². The quantitative estimate of drug-likeness (QED) is 0.587. The first-order valence-corrected chi connectivity index (χ1v) is 11.2. The molecule has 3 aromatic rings. The molecule has 0 bridgehead atoms. The van der Waals surface area contributed by atoms with Gasteiger partial charge in [0.05, 0.1) is 11.4 Å². The van der Waals surface area contributed by atoms with Crippen molar-refractivity contribution in [2.75, 3.05) is 33.2 Å². The van der Waals surface area contributed by atoms with Gasteiger partial charge < -0.3 is 9.80 Å². The van der Waals surface area contributed by atoms with Gasteiger partial charge in [0, 0.05) is 46.7 Å². The second-order valence-corrected chi connectivity index (χ2v) is 9.25. The first-order chi connectivity index (χ1) is 13.6. The Labute approximate surface area is 176 Å². The first-order valence-electron chi connectivity index (χ1n) is 9.55. The molecule has 2 aromatic heterocycles. The molecule has 1 saturated heterocycles. The number of carbonyl (C=O) groups excluding carboxylic acids is 1. The number of fused-ring (bicyclic) bond motifs is 3. The Morgan fingerprint density at radius 3 is 2.68 bits per heavy atom. The van der Waals surface area contributed by atoms with Crippen LogP contribution in [0.25, 0.3) is 16.9 Å². The van der Waals surface area contributed by atoms with E-state index < -0.39 is 0 Å². The largest absolute Gasteiger partial charge is 0.335 e. The number of aromatic nitrogens is 2.